The van der Waals surface area contributed by atoms with E-state index in [4.69, 9.17) is 11.6 Å². The molecule has 0 fully saturated rings. The van der Waals surface area contributed by atoms with Gasteiger partial charge < -0.3 is 9.47 Å². The quantitative estimate of drug-likeness (QED) is 0.463. The number of hydrogen-bond acceptors (Lipinski definition) is 2. The summed E-state index contributed by atoms with van der Waals surface area (Å²) in [6.45, 7) is 2.23. The lowest BCUT2D eigenvalue weighted by Crippen LogP contribution is -2.36. The van der Waals surface area contributed by atoms with Crippen LogP contribution >= 0.6 is 11.6 Å². The number of aryl methyl sites for hydroxylation is 2. The third-order valence-corrected chi connectivity index (χ3v) is 6.13. The van der Waals surface area contributed by atoms with Gasteiger partial charge in [0.05, 0.1) is 0 Å². The van der Waals surface area contributed by atoms with Gasteiger partial charge in [-0.2, -0.15) is 0 Å². The second-order valence-electron chi connectivity index (χ2n) is 7.69. The molecule has 0 atom stereocenters. The first-order valence-corrected chi connectivity index (χ1v) is 10.6. The maximum absolute atomic E-state index is 13.0. The van der Waals surface area contributed by atoms with Gasteiger partial charge in [-0.3, -0.25) is 9.78 Å². The van der Waals surface area contributed by atoms with Crippen molar-refractivity contribution in [2.75, 3.05) is 6.54 Å². The summed E-state index contributed by atoms with van der Waals surface area (Å²) in [7, 11) is 0. The van der Waals surface area contributed by atoms with Crippen molar-refractivity contribution in [3.63, 3.8) is 0 Å². The molecule has 3 heterocycles. The van der Waals surface area contributed by atoms with E-state index >= 15 is 0 Å². The molecule has 0 aliphatic carbocycles. The number of amides is 1. The van der Waals surface area contributed by atoms with Gasteiger partial charge in [-0.15, -0.1) is 0 Å². The Balaban J connectivity index is 1.50. The lowest BCUT2D eigenvalue weighted by Gasteiger charge is -2.28. The number of carbonyl (C=O) groups is 1. The number of aromatic nitrogens is 2. The molecule has 2 aromatic heterocycles. The number of carbonyl (C=O) groups excluding carboxylic acids is 1. The Morgan fingerprint density at radius 3 is 2.63 bits per heavy atom. The average Bonchev–Trinajstić information content (AvgIpc) is 3.10. The molecule has 4 aromatic rings. The molecule has 2 aromatic carbocycles. The van der Waals surface area contributed by atoms with Crippen LogP contribution in [0.25, 0.3) is 10.9 Å². The minimum Gasteiger partial charge on any atom is -0.344 e. The number of nitrogens with zero attached hydrogens (tertiary/aromatic N) is 3. The second kappa shape index (κ2) is 7.96. The van der Waals surface area contributed by atoms with E-state index in [-0.39, 0.29) is 5.91 Å². The SMILES string of the molecule is O=C(c1ccccc1)N1CCc2c(c3cc(Cl)ccc3n2CCc2ccncc2)C1. The molecule has 5 heteroatoms. The van der Waals surface area contributed by atoms with Crippen LogP contribution in [-0.4, -0.2) is 26.9 Å². The smallest absolute Gasteiger partial charge is 0.254 e. The van der Waals surface area contributed by atoms with E-state index in [9.17, 15) is 4.79 Å². The third-order valence-electron chi connectivity index (χ3n) is 5.90. The van der Waals surface area contributed by atoms with Crippen LogP contribution < -0.4 is 0 Å². The van der Waals surface area contributed by atoms with E-state index in [0.29, 0.717) is 6.54 Å². The fraction of sp³-hybridized carbons (Fsp3) is 0.200. The fourth-order valence-electron chi connectivity index (χ4n) is 4.40. The Morgan fingerprint density at radius 2 is 1.83 bits per heavy atom. The Kier molecular flexibility index (Phi) is 5.01. The molecule has 1 aliphatic rings. The highest BCUT2D eigenvalue weighted by Crippen LogP contribution is 2.33. The Bertz CT molecular complexity index is 1200. The molecule has 0 unspecified atom stereocenters. The Labute approximate surface area is 180 Å². The summed E-state index contributed by atoms with van der Waals surface area (Å²) < 4.78 is 2.41. The number of rotatable bonds is 4. The van der Waals surface area contributed by atoms with Crippen LogP contribution in [0.2, 0.25) is 5.02 Å². The molecule has 0 saturated heterocycles. The maximum Gasteiger partial charge on any atom is 0.254 e. The Morgan fingerprint density at radius 1 is 1.03 bits per heavy atom. The van der Waals surface area contributed by atoms with Crippen molar-refractivity contribution < 1.29 is 4.79 Å². The van der Waals surface area contributed by atoms with Gasteiger partial charge in [-0.1, -0.05) is 29.8 Å². The highest BCUT2D eigenvalue weighted by molar-refractivity contribution is 6.31. The standard InChI is InChI=1S/C25H22ClN3O/c26-20-6-7-23-21(16-20)22-17-28(25(30)19-4-2-1-3-5-19)14-11-24(22)29(23)15-10-18-8-12-27-13-9-18/h1-9,12-13,16H,10-11,14-15,17H2. The summed E-state index contributed by atoms with van der Waals surface area (Å²) >= 11 is 6.34. The molecule has 0 saturated carbocycles. The van der Waals surface area contributed by atoms with Crippen molar-refractivity contribution in [1.29, 1.82) is 0 Å². The van der Waals surface area contributed by atoms with Crippen LogP contribution in [0.1, 0.15) is 27.2 Å². The van der Waals surface area contributed by atoms with E-state index in [1.165, 1.54) is 22.3 Å². The maximum atomic E-state index is 13.0. The third kappa shape index (κ3) is 3.48. The van der Waals surface area contributed by atoms with Gasteiger partial charge >= 0.3 is 0 Å². The van der Waals surface area contributed by atoms with Gasteiger partial charge in [0.1, 0.15) is 0 Å². The van der Waals surface area contributed by atoms with Crippen molar-refractivity contribution >= 4 is 28.4 Å². The van der Waals surface area contributed by atoms with Crippen molar-refractivity contribution in [2.45, 2.75) is 25.9 Å². The van der Waals surface area contributed by atoms with Gasteiger partial charge in [0.25, 0.3) is 5.91 Å². The minimum absolute atomic E-state index is 0.0842. The summed E-state index contributed by atoms with van der Waals surface area (Å²) in [5.74, 6) is 0.0842. The molecule has 0 N–H and O–H groups in total. The van der Waals surface area contributed by atoms with Gasteiger partial charge in [-0.05, 0) is 54.4 Å². The molecular formula is C25H22ClN3O. The molecule has 0 bridgehead atoms. The number of halogens is 1. The summed E-state index contributed by atoms with van der Waals surface area (Å²) in [6.07, 6.45) is 5.46. The first-order valence-electron chi connectivity index (χ1n) is 10.2. The highest BCUT2D eigenvalue weighted by Gasteiger charge is 2.27. The second-order valence-corrected chi connectivity index (χ2v) is 8.12. The van der Waals surface area contributed by atoms with E-state index in [1.807, 2.05) is 59.8 Å². The van der Waals surface area contributed by atoms with Crippen LogP contribution in [-0.2, 0) is 25.9 Å². The van der Waals surface area contributed by atoms with Gasteiger partial charge in [0.2, 0.25) is 0 Å². The van der Waals surface area contributed by atoms with Gasteiger partial charge in [-0.25, -0.2) is 0 Å². The topological polar surface area (TPSA) is 38.1 Å². The van der Waals surface area contributed by atoms with Gasteiger partial charge in [0.15, 0.2) is 0 Å². The normalized spacial score (nSPS) is 13.4. The summed E-state index contributed by atoms with van der Waals surface area (Å²) in [6, 6.07) is 19.7. The monoisotopic (exact) mass is 415 g/mol. The average molecular weight is 416 g/mol. The molecule has 5 rings (SSSR count). The zero-order valence-corrected chi connectivity index (χ0v) is 17.3. The van der Waals surface area contributed by atoms with Crippen molar-refractivity contribution in [3.8, 4) is 0 Å². The minimum atomic E-state index is 0.0842. The predicted molar refractivity (Wildman–Crippen MR) is 120 cm³/mol. The lowest BCUT2D eigenvalue weighted by atomic mass is 10.0. The first kappa shape index (κ1) is 18.9. The van der Waals surface area contributed by atoms with E-state index in [2.05, 4.69) is 27.8 Å². The molecule has 4 nitrogen and oxygen atoms in total. The summed E-state index contributed by atoms with van der Waals surface area (Å²) in [5.41, 5.74) is 5.73. The van der Waals surface area contributed by atoms with E-state index in [0.717, 1.165) is 41.9 Å². The van der Waals surface area contributed by atoms with Crippen LogP contribution in [0.3, 0.4) is 0 Å². The van der Waals surface area contributed by atoms with Gasteiger partial charge in [0, 0.05) is 71.2 Å². The van der Waals surface area contributed by atoms with Crippen molar-refractivity contribution in [1.82, 2.24) is 14.5 Å². The van der Waals surface area contributed by atoms with Crippen molar-refractivity contribution in [3.05, 3.63) is 100 Å². The number of fused-ring (bicyclic) bond motifs is 3. The number of pyridine rings is 1. The zero-order chi connectivity index (χ0) is 20.5. The van der Waals surface area contributed by atoms with Crippen LogP contribution in [0.5, 0.6) is 0 Å². The zero-order valence-electron chi connectivity index (χ0n) is 16.6. The fourth-order valence-corrected chi connectivity index (χ4v) is 4.58. The molecule has 0 spiro atoms. The largest absolute Gasteiger partial charge is 0.344 e. The van der Waals surface area contributed by atoms with Crippen molar-refractivity contribution in [2.24, 2.45) is 0 Å². The molecule has 0 radical (unpaired) electrons. The predicted octanol–water partition coefficient (Wildman–Crippen LogP) is 5.13. The first-order chi connectivity index (χ1) is 14.7. The van der Waals surface area contributed by atoms with Crippen LogP contribution in [0, 0.1) is 0 Å². The molecule has 1 amide bonds. The number of benzene rings is 2. The van der Waals surface area contributed by atoms with Crippen LogP contribution in [0.4, 0.5) is 0 Å². The molecule has 1 aliphatic heterocycles. The lowest BCUT2D eigenvalue weighted by molar-refractivity contribution is 0.0734. The van der Waals surface area contributed by atoms with E-state index < -0.39 is 0 Å². The molecular weight excluding hydrogens is 394 g/mol. The number of hydrogen-bond donors (Lipinski definition) is 0. The molecule has 150 valence electrons. The van der Waals surface area contributed by atoms with Crippen LogP contribution in [0.15, 0.2) is 73.1 Å². The Hall–Kier alpha value is -3.11. The molecule has 30 heavy (non-hydrogen) atoms. The summed E-state index contributed by atoms with van der Waals surface area (Å²) in [5, 5.41) is 1.88. The highest BCUT2D eigenvalue weighted by atomic mass is 35.5. The van der Waals surface area contributed by atoms with E-state index in [1.54, 1.807) is 0 Å². The summed E-state index contributed by atoms with van der Waals surface area (Å²) in [4.78, 5) is 19.1.